The Balaban J connectivity index is 2.25. The lowest BCUT2D eigenvalue weighted by atomic mass is 10.3. The SMILES string of the molecule is O=C(O)c1cncc(Oc2ccc(Cl)c(F)c2)n1. The number of hydrogen-bond donors (Lipinski definition) is 1. The molecule has 0 bridgehead atoms. The van der Waals surface area contributed by atoms with Crippen LogP contribution in [0.15, 0.2) is 30.6 Å². The second-order valence-corrected chi connectivity index (χ2v) is 3.63. The first-order valence-corrected chi connectivity index (χ1v) is 5.12. The third kappa shape index (κ3) is 2.72. The van der Waals surface area contributed by atoms with E-state index in [0.29, 0.717) is 0 Å². The third-order valence-corrected chi connectivity index (χ3v) is 2.25. The summed E-state index contributed by atoms with van der Waals surface area (Å²) in [5, 5.41) is 8.69. The number of rotatable bonds is 3. The van der Waals surface area contributed by atoms with E-state index in [1.165, 1.54) is 18.3 Å². The van der Waals surface area contributed by atoms with Crippen molar-refractivity contribution in [1.29, 1.82) is 0 Å². The summed E-state index contributed by atoms with van der Waals surface area (Å²) in [6.45, 7) is 0. The molecule has 5 nitrogen and oxygen atoms in total. The lowest BCUT2D eigenvalue weighted by Gasteiger charge is -2.05. The van der Waals surface area contributed by atoms with Crippen molar-refractivity contribution in [3.8, 4) is 11.6 Å². The summed E-state index contributed by atoms with van der Waals surface area (Å²) in [6, 6.07) is 3.82. The van der Waals surface area contributed by atoms with E-state index in [0.717, 1.165) is 12.3 Å². The van der Waals surface area contributed by atoms with E-state index in [9.17, 15) is 9.18 Å². The monoisotopic (exact) mass is 268 g/mol. The van der Waals surface area contributed by atoms with Gasteiger partial charge in [0.15, 0.2) is 5.69 Å². The van der Waals surface area contributed by atoms with E-state index in [1.54, 1.807) is 0 Å². The van der Waals surface area contributed by atoms with Crippen LogP contribution in [0.25, 0.3) is 0 Å². The van der Waals surface area contributed by atoms with Crippen LogP contribution >= 0.6 is 11.6 Å². The maximum absolute atomic E-state index is 13.1. The fourth-order valence-electron chi connectivity index (χ4n) is 1.16. The molecule has 7 heteroatoms. The Bertz CT molecular complexity index is 607. The van der Waals surface area contributed by atoms with E-state index >= 15 is 0 Å². The Morgan fingerprint density at radius 2 is 2.17 bits per heavy atom. The lowest BCUT2D eigenvalue weighted by molar-refractivity contribution is 0.0689. The Labute approximate surface area is 106 Å². The minimum absolute atomic E-state index is 0.0345. The highest BCUT2D eigenvalue weighted by Gasteiger charge is 2.08. The first-order valence-electron chi connectivity index (χ1n) is 4.74. The van der Waals surface area contributed by atoms with Crippen LogP contribution in [0.4, 0.5) is 4.39 Å². The topological polar surface area (TPSA) is 72.3 Å². The Morgan fingerprint density at radius 1 is 1.39 bits per heavy atom. The normalized spacial score (nSPS) is 10.1. The van der Waals surface area contributed by atoms with Crippen LogP contribution in [-0.4, -0.2) is 21.0 Å². The van der Waals surface area contributed by atoms with E-state index in [1.807, 2.05) is 0 Å². The van der Waals surface area contributed by atoms with Gasteiger partial charge < -0.3 is 9.84 Å². The van der Waals surface area contributed by atoms with Gasteiger partial charge in [0.1, 0.15) is 11.6 Å². The molecule has 0 aliphatic rings. The lowest BCUT2D eigenvalue weighted by Crippen LogP contribution is -2.02. The van der Waals surface area contributed by atoms with Crippen LogP contribution in [0.5, 0.6) is 11.6 Å². The van der Waals surface area contributed by atoms with Gasteiger partial charge in [0, 0.05) is 6.07 Å². The second kappa shape index (κ2) is 4.97. The minimum atomic E-state index is -1.23. The molecular weight excluding hydrogens is 263 g/mol. The van der Waals surface area contributed by atoms with Gasteiger partial charge in [-0.25, -0.2) is 14.2 Å². The predicted octanol–water partition coefficient (Wildman–Crippen LogP) is 2.76. The quantitative estimate of drug-likeness (QED) is 0.927. The molecule has 1 aromatic carbocycles. The van der Waals surface area contributed by atoms with Crippen molar-refractivity contribution in [2.75, 3.05) is 0 Å². The van der Waals surface area contributed by atoms with Gasteiger partial charge >= 0.3 is 5.97 Å². The number of carboxylic acid groups (broad SMARTS) is 1. The average molecular weight is 269 g/mol. The summed E-state index contributed by atoms with van der Waals surface area (Å²) in [5.41, 5.74) is -0.262. The molecule has 0 spiro atoms. The number of hydrogen-bond acceptors (Lipinski definition) is 4. The molecule has 1 aromatic heterocycles. The number of ether oxygens (including phenoxy) is 1. The fraction of sp³-hybridized carbons (Fsp3) is 0. The highest BCUT2D eigenvalue weighted by atomic mass is 35.5. The first kappa shape index (κ1) is 12.3. The number of aromatic carboxylic acids is 1. The molecule has 0 atom stereocenters. The molecule has 2 aromatic rings. The van der Waals surface area contributed by atoms with E-state index in [-0.39, 0.29) is 22.3 Å². The molecule has 0 fully saturated rings. The van der Waals surface area contributed by atoms with Gasteiger partial charge in [0.2, 0.25) is 5.88 Å². The molecule has 0 aliphatic heterocycles. The minimum Gasteiger partial charge on any atom is -0.476 e. The standard InChI is InChI=1S/C11H6ClFN2O3/c12-7-2-1-6(3-8(7)13)18-10-5-14-4-9(15-10)11(16)17/h1-5H,(H,16,17). The largest absolute Gasteiger partial charge is 0.476 e. The van der Waals surface area contributed by atoms with E-state index in [4.69, 9.17) is 21.4 Å². The van der Waals surface area contributed by atoms with Crippen LogP contribution in [-0.2, 0) is 0 Å². The molecule has 1 heterocycles. The molecule has 0 radical (unpaired) electrons. The van der Waals surface area contributed by atoms with Crippen molar-refractivity contribution in [2.45, 2.75) is 0 Å². The second-order valence-electron chi connectivity index (χ2n) is 3.23. The Kier molecular flexibility index (Phi) is 3.38. The van der Waals surface area contributed by atoms with Gasteiger partial charge in [-0.1, -0.05) is 11.6 Å². The van der Waals surface area contributed by atoms with Crippen LogP contribution in [0, 0.1) is 5.82 Å². The number of benzene rings is 1. The van der Waals surface area contributed by atoms with Crippen LogP contribution in [0.3, 0.4) is 0 Å². The molecule has 0 amide bonds. The number of halogens is 2. The number of aromatic nitrogens is 2. The molecule has 92 valence electrons. The molecule has 0 aliphatic carbocycles. The van der Waals surface area contributed by atoms with Gasteiger partial charge in [0.25, 0.3) is 0 Å². The van der Waals surface area contributed by atoms with Gasteiger partial charge in [-0.05, 0) is 12.1 Å². The van der Waals surface area contributed by atoms with Crippen LogP contribution in [0.2, 0.25) is 5.02 Å². The molecule has 0 saturated carbocycles. The van der Waals surface area contributed by atoms with Gasteiger partial charge in [-0.2, -0.15) is 0 Å². The fourth-order valence-corrected chi connectivity index (χ4v) is 1.28. The highest BCUT2D eigenvalue weighted by molar-refractivity contribution is 6.30. The predicted molar refractivity (Wildman–Crippen MR) is 60.5 cm³/mol. The number of carboxylic acids is 1. The van der Waals surface area contributed by atoms with Gasteiger partial charge in [-0.3, -0.25) is 4.98 Å². The number of nitrogens with zero attached hydrogens (tertiary/aromatic N) is 2. The maximum atomic E-state index is 13.1. The zero-order valence-electron chi connectivity index (χ0n) is 8.80. The molecule has 18 heavy (non-hydrogen) atoms. The van der Waals surface area contributed by atoms with Crippen LogP contribution in [0.1, 0.15) is 10.5 Å². The van der Waals surface area contributed by atoms with Gasteiger partial charge in [-0.15, -0.1) is 0 Å². The van der Waals surface area contributed by atoms with Crippen LogP contribution < -0.4 is 4.74 Å². The molecule has 2 rings (SSSR count). The first-order chi connectivity index (χ1) is 8.56. The van der Waals surface area contributed by atoms with Crippen molar-refractivity contribution in [3.05, 3.63) is 47.1 Å². The average Bonchev–Trinajstić information content (AvgIpc) is 2.34. The number of carbonyl (C=O) groups is 1. The van der Waals surface area contributed by atoms with Crippen molar-refractivity contribution in [3.63, 3.8) is 0 Å². The smallest absolute Gasteiger partial charge is 0.356 e. The van der Waals surface area contributed by atoms with Crippen molar-refractivity contribution >= 4 is 17.6 Å². The summed E-state index contributed by atoms with van der Waals surface area (Å²) in [5.74, 6) is -1.77. The zero-order chi connectivity index (χ0) is 13.1. The molecule has 0 saturated heterocycles. The summed E-state index contributed by atoms with van der Waals surface area (Å²) < 4.78 is 18.3. The molecule has 0 unspecified atom stereocenters. The van der Waals surface area contributed by atoms with Crippen molar-refractivity contribution < 1.29 is 19.0 Å². The van der Waals surface area contributed by atoms with Gasteiger partial charge in [0.05, 0.1) is 17.4 Å². The third-order valence-electron chi connectivity index (χ3n) is 1.95. The van der Waals surface area contributed by atoms with Crippen molar-refractivity contribution in [2.24, 2.45) is 0 Å². The Morgan fingerprint density at radius 3 is 2.83 bits per heavy atom. The Hall–Kier alpha value is -2.21. The highest BCUT2D eigenvalue weighted by Crippen LogP contribution is 2.24. The zero-order valence-corrected chi connectivity index (χ0v) is 9.56. The van der Waals surface area contributed by atoms with E-state index < -0.39 is 11.8 Å². The summed E-state index contributed by atoms with van der Waals surface area (Å²) in [6.07, 6.45) is 2.30. The summed E-state index contributed by atoms with van der Waals surface area (Å²) in [4.78, 5) is 18.0. The summed E-state index contributed by atoms with van der Waals surface area (Å²) in [7, 11) is 0. The maximum Gasteiger partial charge on any atom is 0.356 e. The molecular formula is C11H6ClFN2O3. The summed E-state index contributed by atoms with van der Waals surface area (Å²) >= 11 is 5.51. The van der Waals surface area contributed by atoms with E-state index in [2.05, 4.69) is 9.97 Å². The van der Waals surface area contributed by atoms with Crippen molar-refractivity contribution in [1.82, 2.24) is 9.97 Å². The molecule has 1 N–H and O–H groups in total.